The number of carbonyl (C=O) groups is 3. The number of aromatic nitrogens is 3. The summed E-state index contributed by atoms with van der Waals surface area (Å²) in [5.41, 5.74) is 1.80. The Hall–Kier alpha value is -3.92. The van der Waals surface area contributed by atoms with Crippen LogP contribution in [0.15, 0.2) is 52.3 Å². The van der Waals surface area contributed by atoms with Crippen molar-refractivity contribution in [3.63, 3.8) is 0 Å². The Morgan fingerprint density at radius 1 is 1.10 bits per heavy atom. The van der Waals surface area contributed by atoms with E-state index in [1.807, 2.05) is 41.8 Å². The highest BCUT2D eigenvalue weighted by Gasteiger charge is 2.30. The molecule has 5 rings (SSSR count). The van der Waals surface area contributed by atoms with Gasteiger partial charge in [0.05, 0.1) is 21.7 Å². The van der Waals surface area contributed by atoms with Crippen molar-refractivity contribution >= 4 is 46.0 Å². The van der Waals surface area contributed by atoms with Crippen LogP contribution < -0.4 is 5.32 Å². The zero-order chi connectivity index (χ0) is 21.4. The van der Waals surface area contributed by atoms with Crippen LogP contribution in [0.2, 0.25) is 0 Å². The normalized spacial score (nSPS) is 13.9. The summed E-state index contributed by atoms with van der Waals surface area (Å²) in [5, 5.41) is 12.9. The molecule has 0 bridgehead atoms. The van der Waals surface area contributed by atoms with Crippen molar-refractivity contribution in [3.05, 3.63) is 59.3 Å². The molecule has 1 aliphatic heterocycles. The van der Waals surface area contributed by atoms with Crippen LogP contribution in [0.25, 0.3) is 21.5 Å². The maximum absolute atomic E-state index is 13.0. The van der Waals surface area contributed by atoms with Gasteiger partial charge in [0.2, 0.25) is 17.7 Å². The Morgan fingerprint density at radius 2 is 1.90 bits per heavy atom. The third-order valence-electron chi connectivity index (χ3n) is 4.87. The first-order valence-corrected chi connectivity index (χ1v) is 10.4. The molecule has 1 N–H and O–H groups in total. The fourth-order valence-corrected chi connectivity index (χ4v) is 4.07. The molecule has 0 radical (unpaired) electrons. The number of likely N-dealkylation sites (tertiary alicyclic amines) is 1. The third-order valence-corrected chi connectivity index (χ3v) is 5.76. The molecule has 1 fully saturated rings. The van der Waals surface area contributed by atoms with Gasteiger partial charge in [0.25, 0.3) is 5.91 Å². The number of rotatable bonds is 5. The zero-order valence-electron chi connectivity index (χ0n) is 16.1. The number of amides is 3. The molecule has 10 heteroatoms. The molecular weight excluding hydrogens is 418 g/mol. The molecule has 0 aliphatic carbocycles. The van der Waals surface area contributed by atoms with Gasteiger partial charge in [-0.05, 0) is 23.6 Å². The minimum Gasteiger partial charge on any atom is -0.406 e. The lowest BCUT2D eigenvalue weighted by atomic mass is 10.1. The highest BCUT2D eigenvalue weighted by Crippen LogP contribution is 2.28. The van der Waals surface area contributed by atoms with Crippen LogP contribution in [0.1, 0.15) is 29.1 Å². The van der Waals surface area contributed by atoms with E-state index in [4.69, 9.17) is 4.42 Å². The number of hydrogen-bond donors (Lipinski definition) is 1. The standard InChI is InChI=1S/C21H15N5O4S/c27-18-7-8-19(28)26(18)11-17-24-25-21(30-17)23-20(29)13-10-15(16-6-3-9-31-16)22-14-5-2-1-4-12(13)14/h1-6,9-10H,7-8,11H2,(H,23,25,29). The number of hydrogen-bond acceptors (Lipinski definition) is 8. The molecule has 154 valence electrons. The van der Waals surface area contributed by atoms with Gasteiger partial charge in [-0.25, -0.2) is 4.98 Å². The van der Waals surface area contributed by atoms with E-state index < -0.39 is 5.91 Å². The van der Waals surface area contributed by atoms with Gasteiger partial charge in [-0.1, -0.05) is 29.4 Å². The Labute approximate surface area is 179 Å². The lowest BCUT2D eigenvalue weighted by molar-refractivity contribution is -0.139. The summed E-state index contributed by atoms with van der Waals surface area (Å²) in [7, 11) is 0. The number of carbonyl (C=O) groups excluding carboxylic acids is 3. The number of nitrogens with one attached hydrogen (secondary N) is 1. The van der Waals surface area contributed by atoms with Crippen molar-refractivity contribution in [1.82, 2.24) is 20.1 Å². The molecule has 1 aliphatic rings. The molecule has 4 heterocycles. The van der Waals surface area contributed by atoms with Gasteiger partial charge in [-0.3, -0.25) is 24.6 Å². The van der Waals surface area contributed by atoms with E-state index in [9.17, 15) is 14.4 Å². The van der Waals surface area contributed by atoms with Crippen molar-refractivity contribution in [1.29, 1.82) is 0 Å². The molecule has 1 aromatic carbocycles. The van der Waals surface area contributed by atoms with Gasteiger partial charge in [0.1, 0.15) is 6.54 Å². The number of thiophene rings is 1. The molecule has 4 aromatic rings. The quantitative estimate of drug-likeness (QED) is 0.480. The van der Waals surface area contributed by atoms with Crippen LogP contribution in [0.5, 0.6) is 0 Å². The fourth-order valence-electron chi connectivity index (χ4n) is 3.38. The fraction of sp³-hybridized carbons (Fsp3) is 0.143. The van der Waals surface area contributed by atoms with Gasteiger partial charge in [-0.15, -0.1) is 16.4 Å². The van der Waals surface area contributed by atoms with E-state index in [0.29, 0.717) is 22.2 Å². The van der Waals surface area contributed by atoms with E-state index in [1.165, 1.54) is 11.3 Å². The molecule has 0 unspecified atom stereocenters. The highest BCUT2D eigenvalue weighted by molar-refractivity contribution is 7.13. The topological polar surface area (TPSA) is 118 Å². The second-order valence-corrected chi connectivity index (χ2v) is 7.83. The number of fused-ring (bicyclic) bond motifs is 1. The van der Waals surface area contributed by atoms with E-state index in [2.05, 4.69) is 20.5 Å². The van der Waals surface area contributed by atoms with Gasteiger partial charge in [0.15, 0.2) is 0 Å². The summed E-state index contributed by atoms with van der Waals surface area (Å²) in [4.78, 5) is 43.2. The monoisotopic (exact) mass is 433 g/mol. The largest absolute Gasteiger partial charge is 0.406 e. The van der Waals surface area contributed by atoms with Gasteiger partial charge < -0.3 is 4.42 Å². The third kappa shape index (κ3) is 3.68. The lowest BCUT2D eigenvalue weighted by Crippen LogP contribution is -2.28. The minimum atomic E-state index is -0.431. The van der Waals surface area contributed by atoms with Crippen LogP contribution in [0, 0.1) is 0 Å². The average molecular weight is 433 g/mol. The highest BCUT2D eigenvalue weighted by atomic mass is 32.1. The molecule has 1 saturated heterocycles. The molecular formula is C21H15N5O4S. The second kappa shape index (κ2) is 7.73. The summed E-state index contributed by atoms with van der Waals surface area (Å²) in [5.74, 6) is -0.922. The van der Waals surface area contributed by atoms with E-state index >= 15 is 0 Å². The molecule has 3 aromatic heterocycles. The van der Waals surface area contributed by atoms with Crippen LogP contribution in [-0.2, 0) is 16.1 Å². The summed E-state index contributed by atoms with van der Waals surface area (Å²) in [6.45, 7) is -0.110. The molecule has 0 spiro atoms. The number of anilines is 1. The Bertz CT molecular complexity index is 1300. The van der Waals surface area contributed by atoms with Gasteiger partial charge >= 0.3 is 6.01 Å². The first-order valence-electron chi connectivity index (χ1n) is 9.49. The molecule has 9 nitrogen and oxygen atoms in total. The zero-order valence-corrected chi connectivity index (χ0v) is 16.9. The summed E-state index contributed by atoms with van der Waals surface area (Å²) < 4.78 is 5.44. The van der Waals surface area contributed by atoms with Crippen LogP contribution in [0.3, 0.4) is 0 Å². The van der Waals surface area contributed by atoms with Crippen molar-refractivity contribution in [2.75, 3.05) is 5.32 Å². The number of pyridine rings is 1. The van der Waals surface area contributed by atoms with Gasteiger partial charge in [0, 0.05) is 18.2 Å². The summed E-state index contributed by atoms with van der Waals surface area (Å²) >= 11 is 1.53. The number of benzene rings is 1. The maximum Gasteiger partial charge on any atom is 0.322 e. The number of para-hydroxylation sites is 1. The molecule has 0 atom stereocenters. The second-order valence-electron chi connectivity index (χ2n) is 6.88. The Kier molecular flexibility index (Phi) is 4.75. The van der Waals surface area contributed by atoms with E-state index in [-0.39, 0.29) is 43.1 Å². The Balaban J connectivity index is 1.41. The van der Waals surface area contributed by atoms with Crippen LogP contribution in [-0.4, -0.2) is 37.8 Å². The minimum absolute atomic E-state index is 0.0674. The van der Waals surface area contributed by atoms with Crippen LogP contribution in [0.4, 0.5) is 6.01 Å². The predicted molar refractivity (Wildman–Crippen MR) is 112 cm³/mol. The van der Waals surface area contributed by atoms with Crippen molar-refractivity contribution in [2.24, 2.45) is 0 Å². The molecule has 31 heavy (non-hydrogen) atoms. The first-order chi connectivity index (χ1) is 15.1. The van der Waals surface area contributed by atoms with Crippen molar-refractivity contribution in [3.8, 4) is 10.6 Å². The predicted octanol–water partition coefficient (Wildman–Crippen LogP) is 3.25. The number of nitrogens with zero attached hydrogens (tertiary/aromatic N) is 4. The van der Waals surface area contributed by atoms with E-state index in [0.717, 1.165) is 9.78 Å². The summed E-state index contributed by atoms with van der Waals surface area (Å²) in [6.07, 6.45) is 0.358. The van der Waals surface area contributed by atoms with Crippen LogP contribution >= 0.6 is 11.3 Å². The average Bonchev–Trinajstić information content (AvgIpc) is 3.52. The molecule has 0 saturated carbocycles. The van der Waals surface area contributed by atoms with Crippen molar-refractivity contribution in [2.45, 2.75) is 19.4 Å². The SMILES string of the molecule is O=C(Nc1nnc(CN2C(=O)CCC2=O)o1)c1cc(-c2cccs2)nc2ccccc12. The van der Waals surface area contributed by atoms with Gasteiger partial charge in [-0.2, -0.15) is 0 Å². The maximum atomic E-state index is 13.0. The number of imide groups is 1. The Morgan fingerprint density at radius 3 is 2.68 bits per heavy atom. The first kappa shape index (κ1) is 19.1. The molecule has 3 amide bonds. The smallest absolute Gasteiger partial charge is 0.322 e. The van der Waals surface area contributed by atoms with Crippen molar-refractivity contribution < 1.29 is 18.8 Å². The lowest BCUT2D eigenvalue weighted by Gasteiger charge is -2.10. The summed E-state index contributed by atoms with van der Waals surface area (Å²) in [6, 6.07) is 12.8. The van der Waals surface area contributed by atoms with E-state index in [1.54, 1.807) is 6.07 Å².